The zero-order chi connectivity index (χ0) is 25.8. The largest absolute Gasteiger partial charge is 0.481 e. The lowest BCUT2D eigenvalue weighted by atomic mass is 9.78. The second-order valence-electron chi connectivity index (χ2n) is 9.80. The molecular weight excluding hydrogens is 444 g/mol. The zero-order valence-corrected chi connectivity index (χ0v) is 20.7. The molecule has 1 aliphatic carbocycles. The maximum absolute atomic E-state index is 13.0. The van der Waals surface area contributed by atoms with Crippen LogP contribution < -0.4 is 10.6 Å². The minimum absolute atomic E-state index is 0.0958. The Morgan fingerprint density at radius 2 is 1.57 bits per heavy atom. The molecule has 0 radical (unpaired) electrons. The molecule has 3 N–H and O–H groups in total. The predicted molar refractivity (Wildman–Crippen MR) is 135 cm³/mol. The van der Waals surface area contributed by atoms with Gasteiger partial charge in [0.15, 0.2) is 0 Å². The molecule has 0 bridgehead atoms. The number of ether oxygens (including phenoxy) is 1. The van der Waals surface area contributed by atoms with Gasteiger partial charge in [-0.05, 0) is 48.4 Å². The fourth-order valence-electron chi connectivity index (χ4n) is 4.75. The average Bonchev–Trinajstić information content (AvgIpc) is 3.14. The highest BCUT2D eigenvalue weighted by Gasteiger charge is 2.40. The third kappa shape index (κ3) is 5.56. The summed E-state index contributed by atoms with van der Waals surface area (Å²) in [6.07, 6.45) is 0.988. The summed E-state index contributed by atoms with van der Waals surface area (Å²) < 4.78 is 5.57. The number of carboxylic acid groups (broad SMARTS) is 1. The Labute approximate surface area is 206 Å². The number of hydrogen-bond donors (Lipinski definition) is 3. The van der Waals surface area contributed by atoms with Gasteiger partial charge >= 0.3 is 12.1 Å². The van der Waals surface area contributed by atoms with Gasteiger partial charge in [-0.15, -0.1) is 6.58 Å². The quantitative estimate of drug-likeness (QED) is 0.429. The highest BCUT2D eigenvalue weighted by atomic mass is 16.5. The molecule has 0 heterocycles. The first-order valence-electron chi connectivity index (χ1n) is 11.8. The number of carbonyl (C=O) groups is 3. The van der Waals surface area contributed by atoms with Crippen LogP contribution in [-0.4, -0.2) is 41.8 Å². The lowest BCUT2D eigenvalue weighted by Gasteiger charge is -2.35. The van der Waals surface area contributed by atoms with Gasteiger partial charge in [-0.1, -0.05) is 68.5 Å². The van der Waals surface area contributed by atoms with Crippen molar-refractivity contribution >= 4 is 18.0 Å². The zero-order valence-electron chi connectivity index (χ0n) is 20.7. The number of alkyl carbamates (subject to hydrolysis) is 1. The van der Waals surface area contributed by atoms with Crippen LogP contribution in [-0.2, 0) is 14.3 Å². The van der Waals surface area contributed by atoms with Crippen LogP contribution >= 0.6 is 0 Å². The molecule has 0 saturated heterocycles. The Morgan fingerprint density at radius 3 is 2.06 bits per heavy atom. The molecule has 35 heavy (non-hydrogen) atoms. The predicted octanol–water partition coefficient (Wildman–Crippen LogP) is 4.72. The number of rotatable bonds is 10. The smallest absolute Gasteiger partial charge is 0.407 e. The fourth-order valence-corrected chi connectivity index (χ4v) is 4.75. The average molecular weight is 479 g/mol. The number of amides is 2. The first kappa shape index (κ1) is 26.0. The summed E-state index contributed by atoms with van der Waals surface area (Å²) in [5.41, 5.74) is 3.26. The molecule has 0 aromatic heterocycles. The molecule has 0 saturated carbocycles. The number of benzene rings is 2. The van der Waals surface area contributed by atoms with E-state index in [9.17, 15) is 19.5 Å². The topological polar surface area (TPSA) is 105 Å². The molecule has 2 aromatic carbocycles. The summed E-state index contributed by atoms with van der Waals surface area (Å²) in [6.45, 7) is 10.6. The Kier molecular flexibility index (Phi) is 7.99. The summed E-state index contributed by atoms with van der Waals surface area (Å²) in [7, 11) is 0. The van der Waals surface area contributed by atoms with E-state index >= 15 is 0 Å². The highest BCUT2D eigenvalue weighted by molar-refractivity contribution is 5.87. The van der Waals surface area contributed by atoms with Gasteiger partial charge in [0, 0.05) is 12.0 Å². The monoisotopic (exact) mass is 478 g/mol. The molecule has 0 spiro atoms. The van der Waals surface area contributed by atoms with E-state index in [1.807, 2.05) is 50.2 Å². The van der Waals surface area contributed by atoms with Gasteiger partial charge in [-0.25, -0.2) is 4.79 Å². The van der Waals surface area contributed by atoms with Crippen LogP contribution in [0.15, 0.2) is 61.2 Å². The normalized spacial score (nSPS) is 14.4. The number of fused-ring (bicyclic) bond motifs is 3. The van der Waals surface area contributed by atoms with Crippen molar-refractivity contribution in [3.8, 4) is 11.1 Å². The van der Waals surface area contributed by atoms with E-state index in [0.29, 0.717) is 0 Å². The minimum atomic E-state index is -1.19. The summed E-state index contributed by atoms with van der Waals surface area (Å²) in [5.74, 6) is -1.72. The second kappa shape index (κ2) is 10.8. The standard InChI is InChI=1S/C28H34N2O5/c1-6-11-23(25(31)30-24(17(2)3)28(4,5)26(32)33)29-27(34)35-16-22-20-14-9-7-12-18(20)19-13-8-10-15-21(19)22/h6-10,12-15,17,22-24H,1,11,16H2,2-5H3,(H,29,34)(H,30,31)(H,32,33). The van der Waals surface area contributed by atoms with Crippen LogP contribution in [0, 0.1) is 11.3 Å². The van der Waals surface area contributed by atoms with E-state index in [-0.39, 0.29) is 24.9 Å². The molecule has 2 aromatic rings. The number of carbonyl (C=O) groups excluding carboxylic acids is 2. The Morgan fingerprint density at radius 1 is 1.03 bits per heavy atom. The second-order valence-corrected chi connectivity index (χ2v) is 9.80. The van der Waals surface area contributed by atoms with Gasteiger partial charge in [0.2, 0.25) is 5.91 Å². The molecular formula is C28H34N2O5. The van der Waals surface area contributed by atoms with Crippen LogP contribution in [0.25, 0.3) is 11.1 Å². The van der Waals surface area contributed by atoms with Crippen LogP contribution in [0.1, 0.15) is 51.2 Å². The van der Waals surface area contributed by atoms with Crippen molar-refractivity contribution in [3.05, 3.63) is 72.3 Å². The summed E-state index contributed by atoms with van der Waals surface area (Å²) >= 11 is 0. The molecule has 2 atom stereocenters. The van der Waals surface area contributed by atoms with Gasteiger partial charge < -0.3 is 20.5 Å². The highest BCUT2D eigenvalue weighted by Crippen LogP contribution is 2.44. The summed E-state index contributed by atoms with van der Waals surface area (Å²) in [5, 5.41) is 15.1. The Hall–Kier alpha value is -3.61. The van der Waals surface area contributed by atoms with Gasteiger partial charge in [0.25, 0.3) is 0 Å². The third-order valence-electron chi connectivity index (χ3n) is 6.65. The molecule has 186 valence electrons. The number of hydrogen-bond acceptors (Lipinski definition) is 4. The first-order valence-corrected chi connectivity index (χ1v) is 11.8. The van der Waals surface area contributed by atoms with Crippen LogP contribution in [0.5, 0.6) is 0 Å². The first-order chi connectivity index (χ1) is 16.6. The number of aliphatic carboxylic acids is 1. The number of nitrogens with one attached hydrogen (secondary N) is 2. The van der Waals surface area contributed by atoms with Crippen molar-refractivity contribution in [2.24, 2.45) is 11.3 Å². The maximum Gasteiger partial charge on any atom is 0.407 e. The SMILES string of the molecule is C=CCC(NC(=O)OCC1c2ccccc2-c2ccccc21)C(=O)NC(C(C)C)C(C)(C)C(=O)O. The molecule has 2 unspecified atom stereocenters. The van der Waals surface area contributed by atoms with E-state index < -0.39 is 35.5 Å². The van der Waals surface area contributed by atoms with Crippen LogP contribution in [0.3, 0.4) is 0 Å². The number of carboxylic acids is 1. The maximum atomic E-state index is 13.0. The van der Waals surface area contributed by atoms with Crippen molar-refractivity contribution in [1.82, 2.24) is 10.6 Å². The summed E-state index contributed by atoms with van der Waals surface area (Å²) in [6, 6.07) is 14.5. The van der Waals surface area contributed by atoms with Gasteiger partial charge in [0.1, 0.15) is 12.6 Å². The molecule has 1 aliphatic rings. The Bertz CT molecular complexity index is 1060. The van der Waals surface area contributed by atoms with Gasteiger partial charge in [0.05, 0.1) is 5.41 Å². The van der Waals surface area contributed by atoms with E-state index in [2.05, 4.69) is 29.3 Å². The molecule has 3 rings (SSSR count). The molecule has 7 heteroatoms. The van der Waals surface area contributed by atoms with Gasteiger partial charge in [-0.2, -0.15) is 0 Å². The lowest BCUT2D eigenvalue weighted by molar-refractivity contribution is -0.150. The van der Waals surface area contributed by atoms with Gasteiger partial charge in [-0.3, -0.25) is 9.59 Å². The van der Waals surface area contributed by atoms with E-state index in [0.717, 1.165) is 22.3 Å². The van der Waals surface area contributed by atoms with Crippen molar-refractivity contribution in [2.75, 3.05) is 6.61 Å². The van der Waals surface area contributed by atoms with Crippen molar-refractivity contribution < 1.29 is 24.2 Å². The molecule has 0 aliphatic heterocycles. The molecule has 7 nitrogen and oxygen atoms in total. The Balaban J connectivity index is 1.68. The minimum Gasteiger partial charge on any atom is -0.481 e. The summed E-state index contributed by atoms with van der Waals surface area (Å²) in [4.78, 5) is 37.5. The lowest BCUT2D eigenvalue weighted by Crippen LogP contribution is -2.56. The van der Waals surface area contributed by atoms with Crippen molar-refractivity contribution in [1.29, 1.82) is 0 Å². The molecule has 2 amide bonds. The van der Waals surface area contributed by atoms with E-state index in [1.54, 1.807) is 13.8 Å². The fraction of sp³-hybridized carbons (Fsp3) is 0.393. The van der Waals surface area contributed by atoms with Crippen molar-refractivity contribution in [3.63, 3.8) is 0 Å². The van der Waals surface area contributed by atoms with E-state index in [1.165, 1.54) is 6.08 Å². The van der Waals surface area contributed by atoms with Crippen LogP contribution in [0.2, 0.25) is 0 Å². The third-order valence-corrected chi connectivity index (χ3v) is 6.65. The van der Waals surface area contributed by atoms with E-state index in [4.69, 9.17) is 4.74 Å². The molecule has 0 fully saturated rings. The van der Waals surface area contributed by atoms with Crippen molar-refractivity contribution in [2.45, 2.75) is 52.1 Å². The van der Waals surface area contributed by atoms with Crippen LogP contribution in [0.4, 0.5) is 4.79 Å².